The second kappa shape index (κ2) is 7.77. The number of amides is 1. The zero-order chi connectivity index (χ0) is 19.2. The van der Waals surface area contributed by atoms with Gasteiger partial charge in [-0.3, -0.25) is 10.2 Å². The van der Waals surface area contributed by atoms with Crippen LogP contribution in [-0.2, 0) is 6.18 Å². The van der Waals surface area contributed by atoms with Crippen LogP contribution in [0.2, 0.25) is 0 Å². The molecule has 0 radical (unpaired) electrons. The normalized spacial score (nSPS) is 10.2. The molecule has 1 heterocycles. The van der Waals surface area contributed by atoms with Crippen molar-refractivity contribution in [1.29, 1.82) is 10.5 Å². The third kappa shape index (κ3) is 4.79. The van der Waals surface area contributed by atoms with E-state index in [2.05, 4.69) is 20.8 Å². The van der Waals surface area contributed by atoms with Crippen molar-refractivity contribution in [1.82, 2.24) is 4.98 Å². The summed E-state index contributed by atoms with van der Waals surface area (Å²) in [6, 6.07) is 9.95. The minimum absolute atomic E-state index is 0.0998. The number of alkyl halides is 3. The van der Waals surface area contributed by atoms with Gasteiger partial charge in [-0.05, 0) is 30.3 Å². The first-order chi connectivity index (χ1) is 12.3. The number of nitriles is 2. The Kier molecular flexibility index (Phi) is 5.50. The quantitative estimate of drug-likeness (QED) is 0.644. The zero-order valence-electron chi connectivity index (χ0n) is 12.9. The molecule has 2 rings (SSSR count). The molecule has 26 heavy (non-hydrogen) atoms. The first kappa shape index (κ1) is 18.4. The number of carbonyl (C=O) groups is 1. The average molecular weight is 358 g/mol. The third-order valence-corrected chi connectivity index (χ3v) is 2.97. The van der Waals surface area contributed by atoms with Gasteiger partial charge < -0.3 is 5.32 Å². The molecule has 2 aromatic rings. The Bertz CT molecular complexity index is 907. The number of benzene rings is 1. The number of rotatable bonds is 4. The lowest BCUT2D eigenvalue weighted by atomic mass is 10.1. The van der Waals surface area contributed by atoms with Gasteiger partial charge in [0.2, 0.25) is 5.71 Å². The SMILES string of the molecule is N#CC(C#N)=NNc1ccc(NC(=O)c2cccc(C(F)(F)F)c2)nc1. The van der Waals surface area contributed by atoms with Gasteiger partial charge in [0.05, 0.1) is 17.4 Å². The van der Waals surface area contributed by atoms with Crippen LogP contribution in [0.4, 0.5) is 24.7 Å². The van der Waals surface area contributed by atoms with Crippen molar-refractivity contribution >= 4 is 23.1 Å². The topological polar surface area (TPSA) is 114 Å². The lowest BCUT2D eigenvalue weighted by Crippen LogP contribution is -2.14. The second-order valence-corrected chi connectivity index (χ2v) is 4.76. The smallest absolute Gasteiger partial charge is 0.307 e. The summed E-state index contributed by atoms with van der Waals surface area (Å²) in [6.07, 6.45) is -3.29. The van der Waals surface area contributed by atoms with Gasteiger partial charge in [0.25, 0.3) is 5.91 Å². The summed E-state index contributed by atoms with van der Waals surface area (Å²) in [6.45, 7) is 0. The van der Waals surface area contributed by atoms with Crippen molar-refractivity contribution in [3.05, 3.63) is 53.7 Å². The molecule has 0 bridgehead atoms. The maximum absolute atomic E-state index is 12.7. The Balaban J connectivity index is 2.08. The molecule has 0 fully saturated rings. The van der Waals surface area contributed by atoms with E-state index in [1.54, 1.807) is 12.1 Å². The zero-order valence-corrected chi connectivity index (χ0v) is 12.9. The highest BCUT2D eigenvalue weighted by Gasteiger charge is 2.30. The van der Waals surface area contributed by atoms with E-state index in [4.69, 9.17) is 10.5 Å². The summed E-state index contributed by atoms with van der Waals surface area (Å²) in [5, 5.41) is 23.0. The van der Waals surface area contributed by atoms with Crippen molar-refractivity contribution in [2.75, 3.05) is 10.7 Å². The minimum atomic E-state index is -4.55. The van der Waals surface area contributed by atoms with E-state index >= 15 is 0 Å². The molecule has 2 N–H and O–H groups in total. The number of hydrogen-bond donors (Lipinski definition) is 2. The summed E-state index contributed by atoms with van der Waals surface area (Å²) in [7, 11) is 0. The Morgan fingerprint density at radius 2 is 1.88 bits per heavy atom. The van der Waals surface area contributed by atoms with Crippen LogP contribution in [0, 0.1) is 22.7 Å². The first-order valence-electron chi connectivity index (χ1n) is 6.92. The van der Waals surface area contributed by atoms with Crippen LogP contribution in [0.1, 0.15) is 15.9 Å². The number of nitrogens with zero attached hydrogens (tertiary/aromatic N) is 4. The third-order valence-electron chi connectivity index (χ3n) is 2.97. The van der Waals surface area contributed by atoms with Gasteiger partial charge in [-0.25, -0.2) is 4.98 Å². The highest BCUT2D eigenvalue weighted by atomic mass is 19.4. The predicted octanol–water partition coefficient (Wildman–Crippen LogP) is 3.17. The minimum Gasteiger partial charge on any atom is -0.307 e. The Labute approximate surface area is 145 Å². The van der Waals surface area contributed by atoms with E-state index in [1.165, 1.54) is 24.4 Å². The first-order valence-corrected chi connectivity index (χ1v) is 6.92. The molecule has 0 saturated heterocycles. The molecular formula is C16H9F3N6O. The summed E-state index contributed by atoms with van der Waals surface area (Å²) in [4.78, 5) is 15.9. The van der Waals surface area contributed by atoms with Crippen LogP contribution in [0.5, 0.6) is 0 Å². The number of pyridine rings is 1. The Morgan fingerprint density at radius 1 is 1.15 bits per heavy atom. The van der Waals surface area contributed by atoms with Crippen molar-refractivity contribution in [3.63, 3.8) is 0 Å². The molecule has 1 amide bonds. The summed E-state index contributed by atoms with van der Waals surface area (Å²) in [5.74, 6) is -0.652. The number of nitrogens with one attached hydrogen (secondary N) is 2. The van der Waals surface area contributed by atoms with Crippen LogP contribution in [0.3, 0.4) is 0 Å². The van der Waals surface area contributed by atoms with Crippen molar-refractivity contribution in [2.24, 2.45) is 5.10 Å². The van der Waals surface area contributed by atoms with Crippen molar-refractivity contribution in [2.45, 2.75) is 6.18 Å². The number of halogens is 3. The van der Waals surface area contributed by atoms with Gasteiger partial charge >= 0.3 is 6.18 Å². The molecule has 0 spiro atoms. The molecule has 130 valence electrons. The van der Waals surface area contributed by atoms with Crippen LogP contribution >= 0.6 is 0 Å². The molecule has 10 heteroatoms. The van der Waals surface area contributed by atoms with E-state index in [9.17, 15) is 18.0 Å². The van der Waals surface area contributed by atoms with E-state index in [-0.39, 0.29) is 17.1 Å². The fourth-order valence-electron chi connectivity index (χ4n) is 1.75. The lowest BCUT2D eigenvalue weighted by molar-refractivity contribution is -0.137. The molecule has 1 aromatic heterocycles. The highest BCUT2D eigenvalue weighted by molar-refractivity contribution is 6.10. The summed E-state index contributed by atoms with van der Waals surface area (Å²) < 4.78 is 38.0. The van der Waals surface area contributed by atoms with Gasteiger partial charge in [0.1, 0.15) is 18.0 Å². The monoisotopic (exact) mass is 358 g/mol. The van der Waals surface area contributed by atoms with Crippen LogP contribution < -0.4 is 10.7 Å². The highest BCUT2D eigenvalue weighted by Crippen LogP contribution is 2.29. The molecule has 0 aliphatic heterocycles. The Morgan fingerprint density at radius 3 is 2.46 bits per heavy atom. The largest absolute Gasteiger partial charge is 0.416 e. The lowest BCUT2D eigenvalue weighted by Gasteiger charge is -2.09. The van der Waals surface area contributed by atoms with Gasteiger partial charge in [-0.1, -0.05) is 6.07 Å². The number of carbonyl (C=O) groups excluding carboxylic acids is 1. The van der Waals surface area contributed by atoms with Crippen molar-refractivity contribution < 1.29 is 18.0 Å². The standard InChI is InChI=1S/C16H9F3N6O/c17-16(18,19)11-3-1-2-10(6-11)15(26)23-14-5-4-12(9-22-14)24-25-13(7-20)8-21/h1-6,9,24H,(H,22,23,26). The number of aromatic nitrogens is 1. The summed E-state index contributed by atoms with van der Waals surface area (Å²) >= 11 is 0. The number of hydrogen-bond acceptors (Lipinski definition) is 6. The second-order valence-electron chi connectivity index (χ2n) is 4.76. The fourth-order valence-corrected chi connectivity index (χ4v) is 1.75. The van der Waals surface area contributed by atoms with Gasteiger partial charge in [-0.2, -0.15) is 28.8 Å². The predicted molar refractivity (Wildman–Crippen MR) is 85.9 cm³/mol. The molecule has 7 nitrogen and oxygen atoms in total. The van der Waals surface area contributed by atoms with Gasteiger partial charge in [-0.15, -0.1) is 0 Å². The van der Waals surface area contributed by atoms with E-state index < -0.39 is 17.6 Å². The molecule has 0 unspecified atom stereocenters. The molecule has 0 saturated carbocycles. The molecule has 1 aromatic carbocycles. The number of hydrazone groups is 1. The van der Waals surface area contributed by atoms with E-state index in [0.29, 0.717) is 5.69 Å². The summed E-state index contributed by atoms with van der Waals surface area (Å²) in [5.41, 5.74) is 1.29. The van der Waals surface area contributed by atoms with Crippen LogP contribution in [0.25, 0.3) is 0 Å². The van der Waals surface area contributed by atoms with E-state index in [1.807, 2.05) is 0 Å². The van der Waals surface area contributed by atoms with Crippen molar-refractivity contribution in [3.8, 4) is 12.1 Å². The van der Waals surface area contributed by atoms with Crippen LogP contribution in [0.15, 0.2) is 47.7 Å². The maximum Gasteiger partial charge on any atom is 0.416 e. The maximum atomic E-state index is 12.7. The molecule has 0 atom stereocenters. The van der Waals surface area contributed by atoms with Gasteiger partial charge in [0, 0.05) is 5.56 Å². The molecular weight excluding hydrogens is 349 g/mol. The van der Waals surface area contributed by atoms with E-state index in [0.717, 1.165) is 18.2 Å². The van der Waals surface area contributed by atoms with Crippen LogP contribution in [-0.4, -0.2) is 16.6 Å². The average Bonchev–Trinajstić information content (AvgIpc) is 2.63. The Hall–Kier alpha value is -3.92. The fraction of sp³-hybridized carbons (Fsp3) is 0.0625. The van der Waals surface area contributed by atoms with Gasteiger partial charge in [0.15, 0.2) is 0 Å². The molecule has 0 aliphatic carbocycles. The molecule has 0 aliphatic rings. The number of anilines is 2.